The zero-order valence-electron chi connectivity index (χ0n) is 11.0. The number of carbonyl (C=O) groups excluding carboxylic acids is 1. The Kier molecular flexibility index (Phi) is 4.60. The van der Waals surface area contributed by atoms with Crippen LogP contribution < -0.4 is 0 Å². The molecule has 0 aliphatic carbocycles. The molecule has 1 heterocycles. The molecule has 1 aliphatic rings. The first-order valence-corrected chi connectivity index (χ1v) is 6.12. The highest BCUT2D eigenvalue weighted by Gasteiger charge is 2.41. The molecule has 0 radical (unpaired) electrons. The van der Waals surface area contributed by atoms with Crippen LogP contribution in [0.15, 0.2) is 41.9 Å². The second kappa shape index (κ2) is 6.40. The van der Waals surface area contributed by atoms with Gasteiger partial charge in [-0.2, -0.15) is 0 Å². The van der Waals surface area contributed by atoms with Crippen LogP contribution in [0.5, 0.6) is 0 Å². The van der Waals surface area contributed by atoms with Gasteiger partial charge in [-0.3, -0.25) is 0 Å². The predicted molar refractivity (Wildman–Crippen MR) is 68.2 cm³/mol. The lowest BCUT2D eigenvalue weighted by atomic mass is 10.2. The van der Waals surface area contributed by atoms with Crippen LogP contribution in [0.4, 0.5) is 0 Å². The standard InChI is InChI=1S/C14H16O6/c1-18-12-11(10(16)7-15)20-14(17)13(12)19-8-9-5-3-2-4-6-9/h2-6,10-11,15-16H,7-8H2,1H3/t10-,11+/m0/s1. The summed E-state index contributed by atoms with van der Waals surface area (Å²) >= 11 is 0. The summed E-state index contributed by atoms with van der Waals surface area (Å²) in [5.41, 5.74) is 0.884. The van der Waals surface area contributed by atoms with Gasteiger partial charge in [-0.05, 0) is 5.56 Å². The van der Waals surface area contributed by atoms with E-state index in [0.717, 1.165) is 5.56 Å². The molecule has 1 aromatic carbocycles. The zero-order valence-corrected chi connectivity index (χ0v) is 11.0. The molecule has 20 heavy (non-hydrogen) atoms. The van der Waals surface area contributed by atoms with Crippen LogP contribution in [0.3, 0.4) is 0 Å². The van der Waals surface area contributed by atoms with E-state index in [1.165, 1.54) is 7.11 Å². The van der Waals surface area contributed by atoms with Crippen LogP contribution in [0.25, 0.3) is 0 Å². The van der Waals surface area contributed by atoms with Crippen molar-refractivity contribution in [3.05, 3.63) is 47.4 Å². The van der Waals surface area contributed by atoms with Gasteiger partial charge in [-0.1, -0.05) is 30.3 Å². The number of hydrogen-bond acceptors (Lipinski definition) is 6. The highest BCUT2D eigenvalue weighted by Crippen LogP contribution is 2.27. The fourth-order valence-corrected chi connectivity index (χ4v) is 1.87. The molecule has 6 heteroatoms. The molecule has 2 N–H and O–H groups in total. The molecule has 1 aliphatic heterocycles. The molecule has 1 aromatic rings. The number of methoxy groups -OCH3 is 1. The summed E-state index contributed by atoms with van der Waals surface area (Å²) in [4.78, 5) is 11.7. The quantitative estimate of drug-likeness (QED) is 0.731. The highest BCUT2D eigenvalue weighted by molar-refractivity contribution is 5.89. The fourth-order valence-electron chi connectivity index (χ4n) is 1.87. The molecular formula is C14H16O6. The van der Waals surface area contributed by atoms with Crippen LogP contribution in [0, 0.1) is 0 Å². The van der Waals surface area contributed by atoms with Gasteiger partial charge in [0, 0.05) is 0 Å². The number of esters is 1. The topological polar surface area (TPSA) is 85.2 Å². The van der Waals surface area contributed by atoms with Gasteiger partial charge in [0.05, 0.1) is 13.7 Å². The van der Waals surface area contributed by atoms with Crippen molar-refractivity contribution in [1.29, 1.82) is 0 Å². The Labute approximate surface area is 116 Å². The monoisotopic (exact) mass is 280 g/mol. The Hall–Kier alpha value is -2.05. The van der Waals surface area contributed by atoms with E-state index < -0.39 is 24.8 Å². The van der Waals surface area contributed by atoms with Gasteiger partial charge in [0.1, 0.15) is 12.7 Å². The Morgan fingerprint density at radius 2 is 2.05 bits per heavy atom. The van der Waals surface area contributed by atoms with E-state index in [1.54, 1.807) is 0 Å². The van der Waals surface area contributed by atoms with E-state index in [1.807, 2.05) is 30.3 Å². The van der Waals surface area contributed by atoms with Crippen molar-refractivity contribution < 1.29 is 29.2 Å². The van der Waals surface area contributed by atoms with Crippen molar-refractivity contribution in [3.63, 3.8) is 0 Å². The van der Waals surface area contributed by atoms with E-state index in [4.69, 9.17) is 19.3 Å². The molecule has 0 spiro atoms. The third kappa shape index (κ3) is 2.92. The Morgan fingerprint density at radius 3 is 2.65 bits per heavy atom. The minimum atomic E-state index is -1.24. The Bertz CT molecular complexity index is 496. The molecule has 108 valence electrons. The van der Waals surface area contributed by atoms with Gasteiger partial charge in [0.25, 0.3) is 0 Å². The van der Waals surface area contributed by atoms with E-state index in [9.17, 15) is 9.90 Å². The van der Waals surface area contributed by atoms with E-state index in [0.29, 0.717) is 0 Å². The number of aliphatic hydroxyl groups excluding tert-OH is 2. The van der Waals surface area contributed by atoms with Crippen LogP contribution in [-0.2, 0) is 25.6 Å². The molecule has 0 unspecified atom stereocenters. The number of aliphatic hydroxyl groups is 2. The van der Waals surface area contributed by atoms with Crippen molar-refractivity contribution in [1.82, 2.24) is 0 Å². The molecule has 0 fully saturated rings. The van der Waals surface area contributed by atoms with Gasteiger partial charge in [0.15, 0.2) is 11.9 Å². The van der Waals surface area contributed by atoms with Crippen molar-refractivity contribution >= 4 is 5.97 Å². The first kappa shape index (κ1) is 14.4. The first-order chi connectivity index (χ1) is 9.67. The molecule has 0 saturated carbocycles. The van der Waals surface area contributed by atoms with Gasteiger partial charge >= 0.3 is 5.97 Å². The second-order valence-electron chi connectivity index (χ2n) is 4.25. The summed E-state index contributed by atoms with van der Waals surface area (Å²) in [6.45, 7) is -0.364. The van der Waals surface area contributed by atoms with Gasteiger partial charge in [-0.25, -0.2) is 4.79 Å². The molecule has 0 saturated heterocycles. The lowest BCUT2D eigenvalue weighted by Crippen LogP contribution is -2.32. The minimum Gasteiger partial charge on any atom is -0.493 e. The molecule has 0 aromatic heterocycles. The number of rotatable bonds is 6. The van der Waals surface area contributed by atoms with E-state index in [-0.39, 0.29) is 18.1 Å². The Balaban J connectivity index is 2.12. The summed E-state index contributed by atoms with van der Waals surface area (Å²) in [5, 5.41) is 18.5. The SMILES string of the molecule is COC1=C(OCc2ccccc2)C(=O)O[C@@H]1[C@@H](O)CO. The maximum absolute atomic E-state index is 11.7. The average molecular weight is 280 g/mol. The maximum atomic E-state index is 11.7. The summed E-state index contributed by atoms with van der Waals surface area (Å²) in [7, 11) is 1.35. The van der Waals surface area contributed by atoms with Gasteiger partial charge in [0.2, 0.25) is 5.76 Å². The third-order valence-electron chi connectivity index (χ3n) is 2.88. The number of hydrogen-bond donors (Lipinski definition) is 2. The third-order valence-corrected chi connectivity index (χ3v) is 2.88. The van der Waals surface area contributed by atoms with Crippen molar-refractivity contribution in [2.24, 2.45) is 0 Å². The molecule has 0 bridgehead atoms. The maximum Gasteiger partial charge on any atom is 0.378 e. The summed E-state index contributed by atoms with van der Waals surface area (Å²) < 4.78 is 15.4. The number of benzene rings is 1. The normalized spacial score (nSPS) is 19.8. The van der Waals surface area contributed by atoms with Crippen molar-refractivity contribution in [2.45, 2.75) is 18.8 Å². The van der Waals surface area contributed by atoms with Crippen LogP contribution in [0.1, 0.15) is 5.56 Å². The second-order valence-corrected chi connectivity index (χ2v) is 4.25. The Morgan fingerprint density at radius 1 is 1.35 bits per heavy atom. The molecular weight excluding hydrogens is 264 g/mol. The lowest BCUT2D eigenvalue weighted by Gasteiger charge is -2.16. The number of ether oxygens (including phenoxy) is 3. The molecule has 0 amide bonds. The van der Waals surface area contributed by atoms with E-state index in [2.05, 4.69) is 0 Å². The van der Waals surface area contributed by atoms with E-state index >= 15 is 0 Å². The lowest BCUT2D eigenvalue weighted by molar-refractivity contribution is -0.148. The highest BCUT2D eigenvalue weighted by atomic mass is 16.6. The van der Waals surface area contributed by atoms with Crippen LogP contribution in [-0.4, -0.2) is 42.1 Å². The molecule has 2 atom stereocenters. The predicted octanol–water partition coefficient (Wildman–Crippen LogP) is 0.340. The number of cyclic esters (lactones) is 1. The first-order valence-electron chi connectivity index (χ1n) is 6.12. The zero-order chi connectivity index (χ0) is 14.5. The van der Waals surface area contributed by atoms with Gasteiger partial charge in [-0.15, -0.1) is 0 Å². The smallest absolute Gasteiger partial charge is 0.378 e. The summed E-state index contributed by atoms with van der Waals surface area (Å²) in [5.74, 6) is -0.698. The summed E-state index contributed by atoms with van der Waals surface area (Å²) in [6.07, 6.45) is -2.28. The average Bonchev–Trinajstić information content (AvgIpc) is 2.81. The molecule has 6 nitrogen and oxygen atoms in total. The largest absolute Gasteiger partial charge is 0.493 e. The summed E-state index contributed by atoms with van der Waals surface area (Å²) in [6, 6.07) is 9.30. The van der Waals surface area contributed by atoms with Gasteiger partial charge < -0.3 is 24.4 Å². The van der Waals surface area contributed by atoms with Crippen LogP contribution >= 0.6 is 0 Å². The molecule has 2 rings (SSSR count). The number of carbonyl (C=O) groups is 1. The fraction of sp³-hybridized carbons (Fsp3) is 0.357. The van der Waals surface area contributed by atoms with Crippen molar-refractivity contribution in [2.75, 3.05) is 13.7 Å². The van der Waals surface area contributed by atoms with Crippen LogP contribution in [0.2, 0.25) is 0 Å². The minimum absolute atomic E-state index is 0.0751. The van der Waals surface area contributed by atoms with Crippen molar-refractivity contribution in [3.8, 4) is 0 Å².